The Bertz CT molecular complexity index is 457. The fourth-order valence-corrected chi connectivity index (χ4v) is 2.96. The van der Waals surface area contributed by atoms with E-state index in [-0.39, 0.29) is 11.9 Å². The van der Waals surface area contributed by atoms with Crippen LogP contribution in [0.5, 0.6) is 0 Å². The van der Waals surface area contributed by atoms with Gasteiger partial charge < -0.3 is 5.73 Å². The summed E-state index contributed by atoms with van der Waals surface area (Å²) in [7, 11) is 0. The Labute approximate surface area is 115 Å². The first kappa shape index (κ1) is 13.5. The molecule has 5 nitrogen and oxygen atoms in total. The molecule has 0 bridgehead atoms. The van der Waals surface area contributed by atoms with Crippen LogP contribution in [0.4, 0.5) is 0 Å². The molecule has 1 aliphatic heterocycles. The standard InChI is InChI=1S/C12H19BrN4O/c1-3-17-10(11(13)8(2)15-17)7-16-6-4-5-9(16)12(14)18/h9H,3-7H2,1-2H3,(H2,14,18). The zero-order valence-electron chi connectivity index (χ0n) is 10.8. The number of primary amides is 1. The number of hydrogen-bond acceptors (Lipinski definition) is 3. The second-order valence-electron chi connectivity index (χ2n) is 4.69. The molecule has 18 heavy (non-hydrogen) atoms. The third kappa shape index (κ3) is 2.44. The van der Waals surface area contributed by atoms with E-state index in [0.717, 1.165) is 48.3 Å². The number of nitrogens with two attached hydrogens (primary N) is 1. The number of likely N-dealkylation sites (tertiary alicyclic amines) is 1. The largest absolute Gasteiger partial charge is 0.368 e. The van der Waals surface area contributed by atoms with Gasteiger partial charge in [-0.1, -0.05) is 0 Å². The molecule has 1 fully saturated rings. The second-order valence-corrected chi connectivity index (χ2v) is 5.49. The molecule has 0 saturated carbocycles. The minimum Gasteiger partial charge on any atom is -0.368 e. The summed E-state index contributed by atoms with van der Waals surface area (Å²) in [5.41, 5.74) is 7.56. The van der Waals surface area contributed by atoms with E-state index in [1.54, 1.807) is 0 Å². The maximum absolute atomic E-state index is 11.4. The van der Waals surface area contributed by atoms with E-state index in [2.05, 4.69) is 32.9 Å². The van der Waals surface area contributed by atoms with E-state index in [4.69, 9.17) is 5.73 Å². The quantitative estimate of drug-likeness (QED) is 0.914. The molecular formula is C12H19BrN4O. The van der Waals surface area contributed by atoms with Crippen LogP contribution in [0.15, 0.2) is 4.47 Å². The molecule has 0 radical (unpaired) electrons. The van der Waals surface area contributed by atoms with E-state index >= 15 is 0 Å². The summed E-state index contributed by atoms with van der Waals surface area (Å²) in [5.74, 6) is -0.220. The van der Waals surface area contributed by atoms with Crippen molar-refractivity contribution in [2.24, 2.45) is 5.73 Å². The van der Waals surface area contributed by atoms with Crippen LogP contribution in [0.25, 0.3) is 0 Å². The Morgan fingerprint density at radius 1 is 1.61 bits per heavy atom. The van der Waals surface area contributed by atoms with Crippen molar-refractivity contribution in [3.8, 4) is 0 Å². The summed E-state index contributed by atoms with van der Waals surface area (Å²) in [6, 6.07) is -0.127. The van der Waals surface area contributed by atoms with Gasteiger partial charge >= 0.3 is 0 Å². The number of aromatic nitrogens is 2. The van der Waals surface area contributed by atoms with Crippen LogP contribution in [0, 0.1) is 6.92 Å². The number of amides is 1. The van der Waals surface area contributed by atoms with Gasteiger partial charge in [-0.15, -0.1) is 0 Å². The highest BCUT2D eigenvalue weighted by Crippen LogP contribution is 2.26. The molecular weight excluding hydrogens is 296 g/mol. The second kappa shape index (κ2) is 5.40. The summed E-state index contributed by atoms with van der Waals surface area (Å²) >= 11 is 3.58. The lowest BCUT2D eigenvalue weighted by atomic mass is 10.2. The molecule has 1 amide bonds. The third-order valence-corrected chi connectivity index (χ3v) is 4.53. The molecule has 100 valence electrons. The fourth-order valence-electron chi connectivity index (χ4n) is 2.55. The number of carbonyl (C=O) groups is 1. The van der Waals surface area contributed by atoms with Crippen molar-refractivity contribution in [3.05, 3.63) is 15.9 Å². The smallest absolute Gasteiger partial charge is 0.234 e. The molecule has 0 aliphatic carbocycles. The number of halogens is 1. The average Bonchev–Trinajstić information content (AvgIpc) is 2.89. The summed E-state index contributed by atoms with van der Waals surface area (Å²) < 4.78 is 3.02. The Kier molecular flexibility index (Phi) is 4.07. The number of nitrogens with zero attached hydrogens (tertiary/aromatic N) is 3. The SMILES string of the molecule is CCn1nc(C)c(Br)c1CN1CCCC1C(N)=O. The lowest BCUT2D eigenvalue weighted by molar-refractivity contribution is -0.122. The van der Waals surface area contributed by atoms with E-state index in [1.165, 1.54) is 0 Å². The number of aryl methyl sites for hydroxylation is 2. The zero-order valence-corrected chi connectivity index (χ0v) is 12.4. The predicted octanol–water partition coefficient (Wildman–Crippen LogP) is 1.42. The lowest BCUT2D eigenvalue weighted by Crippen LogP contribution is -2.40. The highest BCUT2D eigenvalue weighted by atomic mass is 79.9. The van der Waals surface area contributed by atoms with E-state index < -0.39 is 0 Å². The van der Waals surface area contributed by atoms with Gasteiger partial charge in [0.2, 0.25) is 5.91 Å². The molecule has 6 heteroatoms. The van der Waals surface area contributed by atoms with Crippen molar-refractivity contribution in [1.29, 1.82) is 0 Å². The van der Waals surface area contributed by atoms with Gasteiger partial charge in [-0.25, -0.2) is 0 Å². The molecule has 1 aromatic heterocycles. The van der Waals surface area contributed by atoms with Crippen molar-refractivity contribution in [3.63, 3.8) is 0 Å². The summed E-state index contributed by atoms with van der Waals surface area (Å²) in [5, 5.41) is 4.47. The first-order valence-corrected chi connectivity index (χ1v) is 7.09. The molecule has 0 spiro atoms. The molecule has 2 rings (SSSR count). The van der Waals surface area contributed by atoms with Crippen LogP contribution in [0.2, 0.25) is 0 Å². The summed E-state index contributed by atoms with van der Waals surface area (Å²) in [4.78, 5) is 13.5. The van der Waals surface area contributed by atoms with Crippen molar-refractivity contribution in [2.45, 2.75) is 45.8 Å². The molecule has 1 atom stereocenters. The highest BCUT2D eigenvalue weighted by molar-refractivity contribution is 9.10. The Morgan fingerprint density at radius 3 is 2.94 bits per heavy atom. The van der Waals surface area contributed by atoms with Gasteiger partial charge in [0, 0.05) is 13.1 Å². The monoisotopic (exact) mass is 314 g/mol. The minimum atomic E-state index is -0.220. The highest BCUT2D eigenvalue weighted by Gasteiger charge is 2.30. The maximum atomic E-state index is 11.4. The van der Waals surface area contributed by atoms with Crippen molar-refractivity contribution < 1.29 is 4.79 Å². The van der Waals surface area contributed by atoms with Crippen molar-refractivity contribution in [2.75, 3.05) is 6.54 Å². The molecule has 2 N–H and O–H groups in total. The van der Waals surface area contributed by atoms with E-state index in [9.17, 15) is 4.79 Å². The lowest BCUT2D eigenvalue weighted by Gasteiger charge is -2.22. The van der Waals surface area contributed by atoms with Crippen LogP contribution < -0.4 is 5.73 Å². The van der Waals surface area contributed by atoms with Gasteiger partial charge in [0.25, 0.3) is 0 Å². The van der Waals surface area contributed by atoms with Gasteiger partial charge in [-0.05, 0) is 49.2 Å². The van der Waals surface area contributed by atoms with Crippen LogP contribution >= 0.6 is 15.9 Å². The molecule has 1 aliphatic rings. The maximum Gasteiger partial charge on any atom is 0.234 e. The summed E-state index contributed by atoms with van der Waals surface area (Å²) in [6.45, 7) is 6.53. The molecule has 1 unspecified atom stereocenters. The summed E-state index contributed by atoms with van der Waals surface area (Å²) in [6.07, 6.45) is 1.90. The topological polar surface area (TPSA) is 64.2 Å². The number of rotatable bonds is 4. The van der Waals surface area contributed by atoms with Crippen molar-refractivity contribution in [1.82, 2.24) is 14.7 Å². The number of carbonyl (C=O) groups excluding carboxylic acids is 1. The van der Waals surface area contributed by atoms with Gasteiger partial charge in [0.15, 0.2) is 0 Å². The number of hydrogen-bond donors (Lipinski definition) is 1. The Hall–Kier alpha value is -0.880. The first-order valence-electron chi connectivity index (χ1n) is 6.29. The Morgan fingerprint density at radius 2 is 2.33 bits per heavy atom. The molecule has 2 heterocycles. The zero-order chi connectivity index (χ0) is 13.3. The van der Waals surface area contributed by atoms with Gasteiger partial charge in [0.05, 0.1) is 21.9 Å². The first-order chi connectivity index (χ1) is 8.54. The molecule has 1 saturated heterocycles. The normalized spacial score (nSPS) is 20.5. The third-order valence-electron chi connectivity index (χ3n) is 3.50. The molecule has 1 aromatic rings. The van der Waals surface area contributed by atoms with Crippen LogP contribution in [-0.4, -0.2) is 33.2 Å². The minimum absolute atomic E-state index is 0.127. The van der Waals surface area contributed by atoms with Crippen LogP contribution in [-0.2, 0) is 17.9 Å². The average molecular weight is 315 g/mol. The predicted molar refractivity (Wildman–Crippen MR) is 73.0 cm³/mol. The fraction of sp³-hybridized carbons (Fsp3) is 0.667. The van der Waals surface area contributed by atoms with Crippen molar-refractivity contribution >= 4 is 21.8 Å². The van der Waals surface area contributed by atoms with Gasteiger partial charge in [-0.2, -0.15) is 5.10 Å². The van der Waals surface area contributed by atoms with Crippen LogP contribution in [0.3, 0.4) is 0 Å². The van der Waals surface area contributed by atoms with E-state index in [1.807, 2.05) is 11.6 Å². The van der Waals surface area contributed by atoms with Crippen LogP contribution in [0.1, 0.15) is 31.2 Å². The van der Waals surface area contributed by atoms with E-state index in [0.29, 0.717) is 0 Å². The van der Waals surface area contributed by atoms with Gasteiger partial charge in [0.1, 0.15) is 0 Å². The van der Waals surface area contributed by atoms with Gasteiger partial charge in [-0.3, -0.25) is 14.4 Å². The molecule has 0 aromatic carbocycles. The Balaban J connectivity index is 2.21.